The molecule has 0 atom stereocenters. The summed E-state index contributed by atoms with van der Waals surface area (Å²) in [5.74, 6) is 3.36. The van der Waals surface area contributed by atoms with Crippen LogP contribution in [0, 0.1) is 12.3 Å². The van der Waals surface area contributed by atoms with E-state index < -0.39 is 0 Å². The van der Waals surface area contributed by atoms with E-state index in [2.05, 4.69) is 21.9 Å². The summed E-state index contributed by atoms with van der Waals surface area (Å²) < 4.78 is 6.36. The minimum Gasteiger partial charge on any atom is -0.492 e. The molecule has 1 aromatic carbocycles. The third-order valence-electron chi connectivity index (χ3n) is 1.62. The number of ether oxygens (including phenoxy) is 1. The SMILES string of the molecule is C#CCCCOc1ccc(Cl)cc1Br. The van der Waals surface area contributed by atoms with Crippen LogP contribution in [0.25, 0.3) is 0 Å². The van der Waals surface area contributed by atoms with Gasteiger partial charge < -0.3 is 4.74 Å². The van der Waals surface area contributed by atoms with Crippen molar-refractivity contribution in [2.45, 2.75) is 12.8 Å². The van der Waals surface area contributed by atoms with Gasteiger partial charge in [0, 0.05) is 11.4 Å². The first-order valence-electron chi connectivity index (χ1n) is 4.25. The number of benzene rings is 1. The number of rotatable bonds is 4. The maximum absolute atomic E-state index is 5.79. The molecule has 0 saturated heterocycles. The summed E-state index contributed by atoms with van der Waals surface area (Å²) in [5, 5.41) is 0.688. The van der Waals surface area contributed by atoms with Gasteiger partial charge in [-0.15, -0.1) is 12.3 Å². The molecule has 0 unspecified atom stereocenters. The lowest BCUT2D eigenvalue weighted by molar-refractivity contribution is 0.311. The van der Waals surface area contributed by atoms with Crippen molar-refractivity contribution in [3.05, 3.63) is 27.7 Å². The molecular formula is C11H10BrClO. The molecule has 0 aliphatic rings. The molecule has 1 aromatic rings. The molecule has 0 radical (unpaired) electrons. The van der Waals surface area contributed by atoms with Crippen LogP contribution in [0.15, 0.2) is 22.7 Å². The molecule has 0 aromatic heterocycles. The zero-order valence-electron chi connectivity index (χ0n) is 7.59. The van der Waals surface area contributed by atoms with Crippen LogP contribution in [0.1, 0.15) is 12.8 Å². The molecule has 0 aliphatic heterocycles. The molecule has 0 aliphatic carbocycles. The Labute approximate surface area is 97.5 Å². The van der Waals surface area contributed by atoms with Crippen LogP contribution >= 0.6 is 27.5 Å². The van der Waals surface area contributed by atoms with Gasteiger partial charge in [0.2, 0.25) is 0 Å². The van der Waals surface area contributed by atoms with Crippen molar-refractivity contribution in [1.29, 1.82) is 0 Å². The van der Waals surface area contributed by atoms with E-state index in [0.717, 1.165) is 23.1 Å². The topological polar surface area (TPSA) is 9.23 Å². The fraction of sp³-hybridized carbons (Fsp3) is 0.273. The summed E-state index contributed by atoms with van der Waals surface area (Å²) in [6.07, 6.45) is 6.73. The van der Waals surface area contributed by atoms with E-state index in [-0.39, 0.29) is 0 Å². The second-order valence-electron chi connectivity index (χ2n) is 2.73. The van der Waals surface area contributed by atoms with Crippen molar-refractivity contribution >= 4 is 27.5 Å². The second-order valence-corrected chi connectivity index (χ2v) is 4.02. The average molecular weight is 274 g/mol. The molecule has 0 N–H and O–H groups in total. The Morgan fingerprint density at radius 2 is 2.29 bits per heavy atom. The Bertz CT molecular complexity index is 344. The Morgan fingerprint density at radius 1 is 1.50 bits per heavy atom. The molecule has 1 nitrogen and oxygen atoms in total. The number of hydrogen-bond acceptors (Lipinski definition) is 1. The standard InChI is InChI=1S/C11H10BrClO/c1-2-3-4-7-14-11-6-5-9(13)8-10(11)12/h1,5-6,8H,3-4,7H2. The van der Waals surface area contributed by atoms with Gasteiger partial charge in [-0.1, -0.05) is 11.6 Å². The Kier molecular flexibility index (Phi) is 4.86. The van der Waals surface area contributed by atoms with E-state index in [1.807, 2.05) is 6.07 Å². The highest BCUT2D eigenvalue weighted by molar-refractivity contribution is 9.10. The van der Waals surface area contributed by atoms with Gasteiger partial charge in [0.15, 0.2) is 0 Å². The molecular weight excluding hydrogens is 263 g/mol. The predicted molar refractivity (Wildman–Crippen MR) is 62.7 cm³/mol. The lowest BCUT2D eigenvalue weighted by atomic mass is 10.3. The largest absolute Gasteiger partial charge is 0.492 e. The van der Waals surface area contributed by atoms with Crippen LogP contribution in [0.2, 0.25) is 5.02 Å². The van der Waals surface area contributed by atoms with Gasteiger partial charge in [-0.2, -0.15) is 0 Å². The molecule has 0 spiro atoms. The number of unbranched alkanes of at least 4 members (excludes halogenated alkanes) is 1. The average Bonchev–Trinajstić information content (AvgIpc) is 2.15. The first-order chi connectivity index (χ1) is 6.74. The smallest absolute Gasteiger partial charge is 0.133 e. The van der Waals surface area contributed by atoms with Crippen molar-refractivity contribution in [3.63, 3.8) is 0 Å². The van der Waals surface area contributed by atoms with Crippen LogP contribution in [0.3, 0.4) is 0 Å². The van der Waals surface area contributed by atoms with Crippen LogP contribution in [-0.4, -0.2) is 6.61 Å². The lowest BCUT2D eigenvalue weighted by Gasteiger charge is -2.06. The van der Waals surface area contributed by atoms with Gasteiger partial charge in [0.25, 0.3) is 0 Å². The van der Waals surface area contributed by atoms with Crippen LogP contribution in [-0.2, 0) is 0 Å². The van der Waals surface area contributed by atoms with Crippen molar-refractivity contribution in [2.75, 3.05) is 6.61 Å². The van der Waals surface area contributed by atoms with E-state index in [4.69, 9.17) is 22.8 Å². The number of halogens is 2. The van der Waals surface area contributed by atoms with Crippen molar-refractivity contribution in [1.82, 2.24) is 0 Å². The monoisotopic (exact) mass is 272 g/mol. The predicted octanol–water partition coefficient (Wildman–Crippen LogP) is 3.89. The molecule has 0 amide bonds. The maximum atomic E-state index is 5.79. The summed E-state index contributed by atoms with van der Waals surface area (Å²) in [5.41, 5.74) is 0. The molecule has 74 valence electrons. The third kappa shape index (κ3) is 3.61. The summed E-state index contributed by atoms with van der Waals surface area (Å²) in [4.78, 5) is 0. The zero-order chi connectivity index (χ0) is 10.4. The second kappa shape index (κ2) is 5.95. The van der Waals surface area contributed by atoms with E-state index in [9.17, 15) is 0 Å². The van der Waals surface area contributed by atoms with Crippen LogP contribution in [0.5, 0.6) is 5.75 Å². The molecule has 0 bridgehead atoms. The first kappa shape index (κ1) is 11.4. The minimum absolute atomic E-state index is 0.629. The molecule has 3 heteroatoms. The number of terminal acetylenes is 1. The zero-order valence-corrected chi connectivity index (χ0v) is 9.94. The highest BCUT2D eigenvalue weighted by Gasteiger charge is 2.00. The van der Waals surface area contributed by atoms with Crippen molar-refractivity contribution in [3.8, 4) is 18.1 Å². The van der Waals surface area contributed by atoms with Gasteiger partial charge in [-0.05, 0) is 40.5 Å². The Balaban J connectivity index is 2.47. The van der Waals surface area contributed by atoms with E-state index in [1.165, 1.54) is 0 Å². The molecule has 0 heterocycles. The third-order valence-corrected chi connectivity index (χ3v) is 2.47. The highest BCUT2D eigenvalue weighted by atomic mass is 79.9. The van der Waals surface area contributed by atoms with Gasteiger partial charge in [-0.3, -0.25) is 0 Å². The summed E-state index contributed by atoms with van der Waals surface area (Å²) in [6, 6.07) is 5.43. The molecule has 0 saturated carbocycles. The van der Waals surface area contributed by atoms with Crippen LogP contribution in [0.4, 0.5) is 0 Å². The van der Waals surface area contributed by atoms with Crippen molar-refractivity contribution < 1.29 is 4.74 Å². The minimum atomic E-state index is 0.629. The maximum Gasteiger partial charge on any atom is 0.133 e. The van der Waals surface area contributed by atoms with Crippen molar-refractivity contribution in [2.24, 2.45) is 0 Å². The van der Waals surface area contributed by atoms with E-state index in [0.29, 0.717) is 11.6 Å². The van der Waals surface area contributed by atoms with Gasteiger partial charge >= 0.3 is 0 Å². The molecule has 0 fully saturated rings. The highest BCUT2D eigenvalue weighted by Crippen LogP contribution is 2.27. The molecule has 14 heavy (non-hydrogen) atoms. The fourth-order valence-corrected chi connectivity index (χ4v) is 1.75. The fourth-order valence-electron chi connectivity index (χ4n) is 0.949. The first-order valence-corrected chi connectivity index (χ1v) is 5.42. The lowest BCUT2D eigenvalue weighted by Crippen LogP contribution is -1.97. The van der Waals surface area contributed by atoms with Gasteiger partial charge in [-0.25, -0.2) is 0 Å². The molecule has 1 rings (SSSR count). The number of hydrogen-bond donors (Lipinski definition) is 0. The summed E-state index contributed by atoms with van der Waals surface area (Å²) in [6.45, 7) is 0.629. The Hall–Kier alpha value is -0.650. The Morgan fingerprint density at radius 3 is 2.93 bits per heavy atom. The summed E-state index contributed by atoms with van der Waals surface area (Å²) >= 11 is 9.16. The van der Waals surface area contributed by atoms with Crippen LogP contribution < -0.4 is 4.74 Å². The van der Waals surface area contributed by atoms with Gasteiger partial charge in [0.05, 0.1) is 11.1 Å². The normalized spacial score (nSPS) is 9.50. The van der Waals surface area contributed by atoms with E-state index in [1.54, 1.807) is 12.1 Å². The van der Waals surface area contributed by atoms with E-state index >= 15 is 0 Å². The quantitative estimate of drug-likeness (QED) is 0.597. The van der Waals surface area contributed by atoms with Gasteiger partial charge in [0.1, 0.15) is 5.75 Å². The summed E-state index contributed by atoms with van der Waals surface area (Å²) in [7, 11) is 0.